The van der Waals surface area contributed by atoms with Crippen LogP contribution in [0.25, 0.3) is 0 Å². The SMILES string of the molecule is CS(=O)(=O)Cc1ccc(NC(=O)CC2(C(=O)O)CCC2)cc1. The summed E-state index contributed by atoms with van der Waals surface area (Å²) in [6.45, 7) is 0. The van der Waals surface area contributed by atoms with Crippen LogP contribution in [-0.2, 0) is 25.2 Å². The minimum atomic E-state index is -3.10. The van der Waals surface area contributed by atoms with Crippen molar-refractivity contribution in [2.45, 2.75) is 31.4 Å². The number of hydrogen-bond acceptors (Lipinski definition) is 4. The van der Waals surface area contributed by atoms with Crippen LogP contribution >= 0.6 is 0 Å². The number of nitrogens with one attached hydrogen (secondary N) is 1. The van der Waals surface area contributed by atoms with Gasteiger partial charge < -0.3 is 10.4 Å². The van der Waals surface area contributed by atoms with E-state index in [2.05, 4.69) is 5.32 Å². The van der Waals surface area contributed by atoms with Crippen molar-refractivity contribution in [3.8, 4) is 0 Å². The second-order valence-corrected chi connectivity index (χ2v) is 8.07. The number of aliphatic carboxylic acids is 1. The van der Waals surface area contributed by atoms with Crippen LogP contribution in [-0.4, -0.2) is 31.7 Å². The van der Waals surface area contributed by atoms with Crippen molar-refractivity contribution < 1.29 is 23.1 Å². The molecule has 1 aromatic rings. The third-order valence-electron chi connectivity index (χ3n) is 3.93. The molecule has 1 saturated carbocycles. The minimum absolute atomic E-state index is 0.0343. The summed E-state index contributed by atoms with van der Waals surface area (Å²) in [6.07, 6.45) is 3.02. The first-order valence-electron chi connectivity index (χ1n) is 7.00. The van der Waals surface area contributed by atoms with Gasteiger partial charge in [-0.1, -0.05) is 18.6 Å². The minimum Gasteiger partial charge on any atom is -0.481 e. The van der Waals surface area contributed by atoms with Crippen molar-refractivity contribution in [3.05, 3.63) is 29.8 Å². The Morgan fingerprint density at radius 3 is 2.23 bits per heavy atom. The van der Waals surface area contributed by atoms with Crippen molar-refractivity contribution in [2.75, 3.05) is 11.6 Å². The fourth-order valence-electron chi connectivity index (χ4n) is 2.57. The quantitative estimate of drug-likeness (QED) is 0.831. The van der Waals surface area contributed by atoms with Crippen LogP contribution in [0.3, 0.4) is 0 Å². The number of benzene rings is 1. The molecule has 0 spiro atoms. The van der Waals surface area contributed by atoms with Gasteiger partial charge in [-0.25, -0.2) is 8.42 Å². The van der Waals surface area contributed by atoms with E-state index in [9.17, 15) is 23.1 Å². The first kappa shape index (κ1) is 16.5. The van der Waals surface area contributed by atoms with Gasteiger partial charge >= 0.3 is 5.97 Å². The van der Waals surface area contributed by atoms with E-state index in [1.807, 2.05) is 0 Å². The second kappa shape index (κ2) is 6.08. The molecule has 1 amide bonds. The molecule has 2 rings (SSSR count). The number of carbonyl (C=O) groups is 2. The van der Waals surface area contributed by atoms with Gasteiger partial charge in [0.2, 0.25) is 5.91 Å². The highest BCUT2D eigenvalue weighted by Gasteiger charge is 2.45. The summed E-state index contributed by atoms with van der Waals surface area (Å²) in [5.74, 6) is -1.31. The Balaban J connectivity index is 1.96. The highest BCUT2D eigenvalue weighted by atomic mass is 32.2. The van der Waals surface area contributed by atoms with Gasteiger partial charge in [0.25, 0.3) is 0 Å². The van der Waals surface area contributed by atoms with Gasteiger partial charge in [-0.2, -0.15) is 0 Å². The van der Waals surface area contributed by atoms with Crippen LogP contribution in [0.1, 0.15) is 31.2 Å². The van der Waals surface area contributed by atoms with Crippen molar-refractivity contribution in [1.29, 1.82) is 0 Å². The molecule has 120 valence electrons. The molecule has 0 radical (unpaired) electrons. The Kier molecular flexibility index (Phi) is 4.55. The Hall–Kier alpha value is -1.89. The Morgan fingerprint density at radius 1 is 1.23 bits per heavy atom. The van der Waals surface area contributed by atoms with Gasteiger partial charge in [0.1, 0.15) is 0 Å². The topological polar surface area (TPSA) is 101 Å². The van der Waals surface area contributed by atoms with Crippen LogP contribution in [0.2, 0.25) is 0 Å². The molecule has 0 bridgehead atoms. The van der Waals surface area contributed by atoms with Crippen LogP contribution in [0.15, 0.2) is 24.3 Å². The number of anilines is 1. The van der Waals surface area contributed by atoms with Crippen molar-refractivity contribution in [3.63, 3.8) is 0 Å². The summed E-state index contributed by atoms with van der Waals surface area (Å²) in [4.78, 5) is 23.2. The molecule has 0 saturated heterocycles. The number of rotatable bonds is 6. The monoisotopic (exact) mass is 325 g/mol. The average molecular weight is 325 g/mol. The summed E-state index contributed by atoms with van der Waals surface area (Å²) in [5, 5.41) is 11.9. The smallest absolute Gasteiger partial charge is 0.310 e. The average Bonchev–Trinajstić information content (AvgIpc) is 2.34. The van der Waals surface area contributed by atoms with E-state index >= 15 is 0 Å². The van der Waals surface area contributed by atoms with Crippen LogP contribution in [0.5, 0.6) is 0 Å². The van der Waals surface area contributed by atoms with E-state index in [4.69, 9.17) is 0 Å². The molecule has 6 nitrogen and oxygen atoms in total. The zero-order valence-corrected chi connectivity index (χ0v) is 13.1. The zero-order valence-electron chi connectivity index (χ0n) is 12.3. The Morgan fingerprint density at radius 2 is 1.82 bits per heavy atom. The van der Waals surface area contributed by atoms with Gasteiger partial charge in [0, 0.05) is 18.4 Å². The third-order valence-corrected chi connectivity index (χ3v) is 4.79. The number of carboxylic acid groups (broad SMARTS) is 1. The van der Waals surface area contributed by atoms with Crippen molar-refractivity contribution in [2.24, 2.45) is 5.41 Å². The molecule has 0 atom stereocenters. The normalized spacial score (nSPS) is 16.6. The van der Waals surface area contributed by atoms with Crippen LogP contribution in [0, 0.1) is 5.41 Å². The number of sulfone groups is 1. The Bertz CT molecular complexity index is 674. The lowest BCUT2D eigenvalue weighted by atomic mass is 9.66. The third kappa shape index (κ3) is 4.07. The first-order chi connectivity index (χ1) is 10.2. The summed E-state index contributed by atoms with van der Waals surface area (Å²) in [7, 11) is -3.10. The summed E-state index contributed by atoms with van der Waals surface area (Å²) < 4.78 is 22.4. The zero-order chi connectivity index (χ0) is 16.4. The summed E-state index contributed by atoms with van der Waals surface area (Å²) in [5.41, 5.74) is 0.254. The fraction of sp³-hybridized carbons (Fsp3) is 0.467. The number of hydrogen-bond donors (Lipinski definition) is 2. The van der Waals surface area contributed by atoms with E-state index in [0.717, 1.165) is 12.7 Å². The molecule has 0 unspecified atom stereocenters. The second-order valence-electron chi connectivity index (χ2n) is 5.93. The van der Waals surface area contributed by atoms with E-state index in [0.29, 0.717) is 24.1 Å². The van der Waals surface area contributed by atoms with Gasteiger partial charge in [0.05, 0.1) is 11.2 Å². The predicted octanol–water partition coefficient (Wildman–Crippen LogP) is 1.81. The van der Waals surface area contributed by atoms with Gasteiger partial charge in [-0.3, -0.25) is 9.59 Å². The van der Waals surface area contributed by atoms with Gasteiger partial charge in [-0.15, -0.1) is 0 Å². The molecular formula is C15H19NO5S. The highest BCUT2D eigenvalue weighted by Crippen LogP contribution is 2.44. The van der Waals surface area contributed by atoms with E-state index in [1.54, 1.807) is 24.3 Å². The summed E-state index contributed by atoms with van der Waals surface area (Å²) >= 11 is 0. The van der Waals surface area contributed by atoms with Gasteiger partial charge in [-0.05, 0) is 30.5 Å². The number of carbonyl (C=O) groups excluding carboxylic acids is 1. The molecule has 22 heavy (non-hydrogen) atoms. The van der Waals surface area contributed by atoms with E-state index in [-0.39, 0.29) is 18.1 Å². The van der Waals surface area contributed by atoms with Crippen molar-refractivity contribution >= 4 is 27.4 Å². The molecule has 0 heterocycles. The molecule has 1 fully saturated rings. The molecule has 2 N–H and O–H groups in total. The number of carboxylic acids is 1. The maximum absolute atomic E-state index is 12.0. The standard InChI is InChI=1S/C15H19NO5S/c1-22(20,21)10-11-3-5-12(6-4-11)16-13(17)9-15(14(18)19)7-2-8-15/h3-6H,2,7-10H2,1H3,(H,16,17)(H,18,19). The van der Waals surface area contributed by atoms with Crippen LogP contribution < -0.4 is 5.32 Å². The van der Waals surface area contributed by atoms with E-state index < -0.39 is 21.2 Å². The maximum Gasteiger partial charge on any atom is 0.310 e. The summed E-state index contributed by atoms with van der Waals surface area (Å²) in [6, 6.07) is 6.50. The molecule has 0 aromatic heterocycles. The fourth-order valence-corrected chi connectivity index (χ4v) is 3.37. The maximum atomic E-state index is 12.0. The number of amides is 1. The Labute approximate surface area is 129 Å². The van der Waals surface area contributed by atoms with Gasteiger partial charge in [0.15, 0.2) is 9.84 Å². The predicted molar refractivity (Wildman–Crippen MR) is 82.2 cm³/mol. The molecule has 7 heteroatoms. The first-order valence-corrected chi connectivity index (χ1v) is 9.06. The lowest BCUT2D eigenvalue weighted by Gasteiger charge is -2.36. The largest absolute Gasteiger partial charge is 0.481 e. The lowest BCUT2D eigenvalue weighted by molar-refractivity contribution is -0.157. The lowest BCUT2D eigenvalue weighted by Crippen LogP contribution is -2.41. The molecule has 1 aliphatic carbocycles. The van der Waals surface area contributed by atoms with E-state index in [1.165, 1.54) is 0 Å². The molecule has 0 aliphatic heterocycles. The molecule has 1 aliphatic rings. The van der Waals surface area contributed by atoms with Crippen molar-refractivity contribution in [1.82, 2.24) is 0 Å². The van der Waals surface area contributed by atoms with Crippen LogP contribution in [0.4, 0.5) is 5.69 Å². The molecular weight excluding hydrogens is 306 g/mol. The molecule has 1 aromatic carbocycles. The highest BCUT2D eigenvalue weighted by molar-refractivity contribution is 7.89.